The molecular weight excluding hydrogens is 358 g/mol. The van der Waals surface area contributed by atoms with Crippen molar-refractivity contribution in [1.29, 1.82) is 5.26 Å². The number of hydrogen-bond acceptors (Lipinski definition) is 5. The molecule has 3 unspecified atom stereocenters. The molecule has 4 aliphatic carbocycles. The molecule has 6 rings (SSSR count). The Bertz CT molecular complexity index is 888. The maximum absolute atomic E-state index is 12.8. The predicted molar refractivity (Wildman–Crippen MR) is 99.4 cm³/mol. The number of nitrogens with zero attached hydrogens (tertiary/aromatic N) is 3. The molecule has 28 heavy (non-hydrogen) atoms. The zero-order valence-corrected chi connectivity index (χ0v) is 15.8. The molecule has 4 bridgehead atoms. The zero-order chi connectivity index (χ0) is 19.5. The van der Waals surface area contributed by atoms with E-state index in [-0.39, 0.29) is 35.6 Å². The predicted octanol–water partition coefficient (Wildman–Crippen LogP) is 2.04. The van der Waals surface area contributed by atoms with Gasteiger partial charge in [-0.3, -0.25) is 4.79 Å². The first-order valence-electron chi connectivity index (χ1n) is 10.2. The van der Waals surface area contributed by atoms with Gasteiger partial charge in [-0.05, 0) is 62.3 Å². The maximum Gasteiger partial charge on any atom is 0.410 e. The second kappa shape index (κ2) is 6.35. The van der Waals surface area contributed by atoms with Crippen LogP contribution in [0, 0.1) is 29.1 Å². The Balaban J connectivity index is 1.26. The summed E-state index contributed by atoms with van der Waals surface area (Å²) >= 11 is 0. The average molecular weight is 383 g/mol. The topological polar surface area (TPSA) is 95.6 Å². The number of nitriles is 1. The summed E-state index contributed by atoms with van der Waals surface area (Å²) in [5, 5.41) is 19.8. The quantitative estimate of drug-likeness (QED) is 0.843. The highest BCUT2D eigenvalue weighted by atomic mass is 16.6. The number of amides is 1. The number of carbonyl (C=O) groups is 1. The van der Waals surface area contributed by atoms with E-state index in [1.807, 2.05) is 0 Å². The minimum Gasteiger partial charge on any atom is -0.446 e. The number of aromatic nitrogens is 1. The number of likely N-dealkylation sites (tertiary alicyclic amines) is 1. The van der Waals surface area contributed by atoms with E-state index in [1.54, 1.807) is 15.7 Å². The summed E-state index contributed by atoms with van der Waals surface area (Å²) in [6.07, 6.45) is 6.35. The molecule has 5 aliphatic rings. The molecule has 148 valence electrons. The van der Waals surface area contributed by atoms with Crippen LogP contribution in [0.5, 0.6) is 0 Å². The Morgan fingerprint density at radius 2 is 2.00 bits per heavy atom. The Morgan fingerprint density at radius 1 is 1.25 bits per heavy atom. The lowest BCUT2D eigenvalue weighted by molar-refractivity contribution is -0.177. The molecule has 0 aromatic carbocycles. The van der Waals surface area contributed by atoms with Gasteiger partial charge < -0.3 is 19.3 Å². The molecule has 1 aromatic rings. The van der Waals surface area contributed by atoms with Crippen molar-refractivity contribution in [3.05, 3.63) is 34.2 Å². The first kappa shape index (κ1) is 17.7. The first-order valence-corrected chi connectivity index (χ1v) is 10.2. The van der Waals surface area contributed by atoms with E-state index in [9.17, 15) is 14.7 Å². The van der Waals surface area contributed by atoms with Crippen molar-refractivity contribution in [1.82, 2.24) is 9.47 Å². The minimum absolute atomic E-state index is 0.0898. The lowest BCUT2D eigenvalue weighted by atomic mass is 9.53. The molecule has 1 saturated heterocycles. The number of pyridine rings is 1. The fraction of sp³-hybridized carbons (Fsp3) is 0.667. The van der Waals surface area contributed by atoms with Gasteiger partial charge in [0.2, 0.25) is 0 Å². The van der Waals surface area contributed by atoms with Crippen LogP contribution in [0.4, 0.5) is 4.79 Å². The molecule has 1 aliphatic heterocycles. The molecule has 1 aromatic heterocycles. The van der Waals surface area contributed by atoms with E-state index in [0.717, 1.165) is 32.1 Å². The van der Waals surface area contributed by atoms with E-state index in [2.05, 4.69) is 6.07 Å². The van der Waals surface area contributed by atoms with Crippen LogP contribution in [0.3, 0.4) is 0 Å². The third-order valence-electron chi connectivity index (χ3n) is 7.27. The van der Waals surface area contributed by atoms with Gasteiger partial charge in [-0.1, -0.05) is 0 Å². The average Bonchev–Trinajstić information content (AvgIpc) is 3.14. The summed E-state index contributed by atoms with van der Waals surface area (Å²) in [7, 11) is 0. The van der Waals surface area contributed by atoms with E-state index < -0.39 is 5.60 Å². The van der Waals surface area contributed by atoms with Gasteiger partial charge in [0.15, 0.2) is 0 Å². The number of aliphatic hydroxyl groups is 1. The van der Waals surface area contributed by atoms with Gasteiger partial charge in [-0.15, -0.1) is 0 Å². The summed E-state index contributed by atoms with van der Waals surface area (Å²) in [6.45, 7) is 0.962. The number of ether oxygens (including phenoxy) is 1. The molecule has 0 radical (unpaired) electrons. The van der Waals surface area contributed by atoms with Crippen molar-refractivity contribution in [2.45, 2.75) is 56.3 Å². The van der Waals surface area contributed by atoms with E-state index in [4.69, 9.17) is 10.00 Å². The Morgan fingerprint density at radius 3 is 2.68 bits per heavy atom. The molecule has 0 spiro atoms. The standard InChI is InChI=1S/C21H25N3O4/c22-10-13-1-2-18(25)24(11-13)17-3-4-23(12-17)20(26)28-19-15-5-14-6-16(19)9-21(27,7-14)8-15/h1-2,11,14-17,19,27H,3-9,12H2. The smallest absolute Gasteiger partial charge is 0.410 e. The van der Waals surface area contributed by atoms with Gasteiger partial charge in [-0.2, -0.15) is 5.26 Å². The van der Waals surface area contributed by atoms with E-state index in [0.29, 0.717) is 31.0 Å². The van der Waals surface area contributed by atoms with Crippen molar-refractivity contribution in [2.24, 2.45) is 17.8 Å². The third kappa shape index (κ3) is 2.91. The summed E-state index contributed by atoms with van der Waals surface area (Å²) in [5.74, 6) is 1.12. The van der Waals surface area contributed by atoms with Gasteiger partial charge in [0.25, 0.3) is 5.56 Å². The van der Waals surface area contributed by atoms with Crippen LogP contribution in [0.1, 0.15) is 50.1 Å². The highest BCUT2D eigenvalue weighted by Crippen LogP contribution is 2.56. The molecule has 1 N–H and O–H groups in total. The van der Waals surface area contributed by atoms with Crippen LogP contribution >= 0.6 is 0 Å². The lowest BCUT2D eigenvalue weighted by Crippen LogP contribution is -2.58. The largest absolute Gasteiger partial charge is 0.446 e. The molecule has 1 amide bonds. The molecule has 7 heteroatoms. The number of carbonyl (C=O) groups excluding carboxylic acids is 1. The highest BCUT2D eigenvalue weighted by molar-refractivity contribution is 5.68. The fourth-order valence-corrected chi connectivity index (χ4v) is 6.31. The Labute approximate surface area is 163 Å². The fourth-order valence-electron chi connectivity index (χ4n) is 6.31. The van der Waals surface area contributed by atoms with Gasteiger partial charge in [0.05, 0.1) is 17.2 Å². The molecule has 4 saturated carbocycles. The van der Waals surface area contributed by atoms with Crippen molar-refractivity contribution in [3.8, 4) is 6.07 Å². The third-order valence-corrected chi connectivity index (χ3v) is 7.27. The first-order chi connectivity index (χ1) is 13.4. The highest BCUT2D eigenvalue weighted by Gasteiger charge is 2.56. The summed E-state index contributed by atoms with van der Waals surface area (Å²) in [6, 6.07) is 4.84. The van der Waals surface area contributed by atoms with Gasteiger partial charge in [-0.25, -0.2) is 4.79 Å². The van der Waals surface area contributed by atoms with Gasteiger partial charge in [0.1, 0.15) is 12.2 Å². The Kier molecular flexibility index (Phi) is 4.02. The number of hydrogen-bond donors (Lipinski definition) is 1. The van der Waals surface area contributed by atoms with E-state index >= 15 is 0 Å². The Hall–Kier alpha value is -2.33. The summed E-state index contributed by atoms with van der Waals surface area (Å²) in [5.41, 5.74) is -0.258. The molecular formula is C21H25N3O4. The molecule has 7 nitrogen and oxygen atoms in total. The normalized spacial score (nSPS) is 38.4. The zero-order valence-electron chi connectivity index (χ0n) is 15.8. The second-order valence-electron chi connectivity index (χ2n) is 9.21. The van der Waals surface area contributed by atoms with Crippen LogP contribution < -0.4 is 5.56 Å². The van der Waals surface area contributed by atoms with Gasteiger partial charge >= 0.3 is 6.09 Å². The van der Waals surface area contributed by atoms with Crippen LogP contribution in [0.2, 0.25) is 0 Å². The van der Waals surface area contributed by atoms with E-state index in [1.165, 1.54) is 12.1 Å². The van der Waals surface area contributed by atoms with Crippen LogP contribution in [0.15, 0.2) is 23.1 Å². The summed E-state index contributed by atoms with van der Waals surface area (Å²) < 4.78 is 7.51. The SMILES string of the molecule is N#Cc1ccc(=O)n(C2CCN(C(=O)OC3C4CC5CC3CC(O)(C5)C4)C2)c1. The van der Waals surface area contributed by atoms with Crippen molar-refractivity contribution in [3.63, 3.8) is 0 Å². The molecule has 3 atom stereocenters. The van der Waals surface area contributed by atoms with Crippen molar-refractivity contribution < 1.29 is 14.6 Å². The van der Waals surface area contributed by atoms with Crippen molar-refractivity contribution >= 4 is 6.09 Å². The summed E-state index contributed by atoms with van der Waals surface area (Å²) in [4.78, 5) is 26.6. The molecule has 5 fully saturated rings. The molecule has 2 heterocycles. The van der Waals surface area contributed by atoms with Crippen LogP contribution in [-0.4, -0.2) is 45.5 Å². The van der Waals surface area contributed by atoms with Gasteiger partial charge in [0, 0.05) is 25.4 Å². The minimum atomic E-state index is -0.537. The van der Waals surface area contributed by atoms with Crippen LogP contribution in [-0.2, 0) is 4.74 Å². The number of rotatable bonds is 2. The van der Waals surface area contributed by atoms with Crippen molar-refractivity contribution in [2.75, 3.05) is 13.1 Å². The lowest BCUT2D eigenvalue weighted by Gasteiger charge is -2.57. The monoisotopic (exact) mass is 383 g/mol. The maximum atomic E-state index is 12.8. The van der Waals surface area contributed by atoms with Crippen LogP contribution in [0.25, 0.3) is 0 Å². The second-order valence-corrected chi connectivity index (χ2v) is 9.21.